The first kappa shape index (κ1) is 15.8. The molecule has 0 aliphatic heterocycles. The van der Waals surface area contributed by atoms with Crippen LogP contribution in [0.5, 0.6) is 0 Å². The molecule has 0 aliphatic carbocycles. The number of methoxy groups -OCH3 is 1. The Bertz CT molecular complexity index is 735. The Balaban J connectivity index is 2.35. The van der Waals surface area contributed by atoms with Crippen molar-refractivity contribution in [1.29, 1.82) is 0 Å². The maximum absolute atomic E-state index is 12.2. The first-order valence-corrected chi connectivity index (χ1v) is 6.90. The van der Waals surface area contributed by atoms with Gasteiger partial charge in [-0.25, -0.2) is 9.59 Å². The van der Waals surface area contributed by atoms with Crippen molar-refractivity contribution in [3.63, 3.8) is 0 Å². The van der Waals surface area contributed by atoms with Gasteiger partial charge >= 0.3 is 11.9 Å². The van der Waals surface area contributed by atoms with Crippen LogP contribution in [0.25, 0.3) is 17.0 Å². The summed E-state index contributed by atoms with van der Waals surface area (Å²) in [6.45, 7) is 5.47. The van der Waals surface area contributed by atoms with Crippen LogP contribution in [0.2, 0.25) is 0 Å². The van der Waals surface area contributed by atoms with E-state index in [-0.39, 0.29) is 5.97 Å². The van der Waals surface area contributed by atoms with E-state index in [9.17, 15) is 9.59 Å². The van der Waals surface area contributed by atoms with Gasteiger partial charge in [0.2, 0.25) is 0 Å². The van der Waals surface area contributed by atoms with E-state index in [1.165, 1.54) is 13.2 Å². The number of fused-ring (bicyclic) bond motifs is 1. The van der Waals surface area contributed by atoms with Crippen LogP contribution >= 0.6 is 0 Å². The number of hydrogen-bond donors (Lipinski definition) is 1. The van der Waals surface area contributed by atoms with Crippen LogP contribution in [0.1, 0.15) is 36.7 Å². The lowest BCUT2D eigenvalue weighted by Crippen LogP contribution is -2.23. The third-order valence-electron chi connectivity index (χ3n) is 2.94. The van der Waals surface area contributed by atoms with Crippen molar-refractivity contribution in [1.82, 2.24) is 4.98 Å². The van der Waals surface area contributed by atoms with Gasteiger partial charge < -0.3 is 14.5 Å². The molecule has 0 aliphatic rings. The van der Waals surface area contributed by atoms with E-state index in [2.05, 4.69) is 9.72 Å². The van der Waals surface area contributed by atoms with Gasteiger partial charge in [0.25, 0.3) is 0 Å². The Kier molecular flexibility index (Phi) is 4.35. The Morgan fingerprint density at radius 3 is 2.59 bits per heavy atom. The van der Waals surface area contributed by atoms with Crippen LogP contribution in [-0.2, 0) is 14.3 Å². The Morgan fingerprint density at radius 2 is 1.95 bits per heavy atom. The second-order valence-electron chi connectivity index (χ2n) is 5.87. The number of carbonyl (C=O) groups is 2. The van der Waals surface area contributed by atoms with Crippen LogP contribution in [0.3, 0.4) is 0 Å². The zero-order chi connectivity index (χ0) is 16.3. The second kappa shape index (κ2) is 6.05. The van der Waals surface area contributed by atoms with Gasteiger partial charge in [0, 0.05) is 23.2 Å². The maximum atomic E-state index is 12.2. The normalized spacial score (nSPS) is 11.8. The fourth-order valence-corrected chi connectivity index (χ4v) is 1.98. The average molecular weight is 301 g/mol. The monoisotopic (exact) mass is 301 g/mol. The Hall–Kier alpha value is -2.56. The highest BCUT2D eigenvalue weighted by Crippen LogP contribution is 2.23. The summed E-state index contributed by atoms with van der Waals surface area (Å²) in [5.41, 5.74) is 1.54. The minimum atomic E-state index is -0.553. The fourth-order valence-electron chi connectivity index (χ4n) is 1.98. The third-order valence-corrected chi connectivity index (χ3v) is 2.94. The summed E-state index contributed by atoms with van der Waals surface area (Å²) in [6, 6.07) is 5.52. The number of rotatable bonds is 3. The van der Waals surface area contributed by atoms with E-state index in [1.807, 2.05) is 39.0 Å². The number of nitrogens with one attached hydrogen (secondary N) is 1. The number of H-pyrrole nitrogens is 1. The van der Waals surface area contributed by atoms with Gasteiger partial charge in [0.1, 0.15) is 5.60 Å². The lowest BCUT2D eigenvalue weighted by molar-refractivity contribution is -0.134. The number of aromatic nitrogens is 1. The number of esters is 2. The molecule has 0 spiro atoms. The van der Waals surface area contributed by atoms with Crippen molar-refractivity contribution in [2.75, 3.05) is 7.11 Å². The molecule has 5 nitrogen and oxygen atoms in total. The minimum absolute atomic E-state index is 0.382. The molecule has 2 aromatic rings. The van der Waals surface area contributed by atoms with Gasteiger partial charge in [-0.05, 0) is 44.5 Å². The molecule has 0 amide bonds. The lowest BCUT2D eigenvalue weighted by Gasteiger charge is -2.19. The highest BCUT2D eigenvalue weighted by atomic mass is 16.6. The van der Waals surface area contributed by atoms with E-state index in [0.717, 1.165) is 16.5 Å². The van der Waals surface area contributed by atoms with Gasteiger partial charge in [-0.1, -0.05) is 6.07 Å². The maximum Gasteiger partial charge on any atom is 0.340 e. The molecule has 0 bridgehead atoms. The van der Waals surface area contributed by atoms with Crippen LogP contribution < -0.4 is 0 Å². The molecule has 0 radical (unpaired) electrons. The molecule has 0 saturated heterocycles. The molecule has 0 unspecified atom stereocenters. The van der Waals surface area contributed by atoms with Crippen molar-refractivity contribution in [2.24, 2.45) is 0 Å². The summed E-state index contributed by atoms with van der Waals surface area (Å²) in [5.74, 6) is -0.811. The highest BCUT2D eigenvalue weighted by molar-refractivity contribution is 6.04. The number of aromatic amines is 1. The molecule has 0 fully saturated rings. The van der Waals surface area contributed by atoms with E-state index in [0.29, 0.717) is 5.56 Å². The van der Waals surface area contributed by atoms with Crippen LogP contribution in [0, 0.1) is 0 Å². The quantitative estimate of drug-likeness (QED) is 0.697. The predicted molar refractivity (Wildman–Crippen MR) is 84.5 cm³/mol. The zero-order valence-electron chi connectivity index (χ0n) is 13.1. The molecule has 1 aromatic carbocycles. The molecule has 1 aromatic heterocycles. The zero-order valence-corrected chi connectivity index (χ0v) is 13.1. The predicted octanol–water partition coefficient (Wildman–Crippen LogP) is 3.31. The molecule has 5 heteroatoms. The van der Waals surface area contributed by atoms with Gasteiger partial charge in [-0.3, -0.25) is 0 Å². The minimum Gasteiger partial charge on any atom is -0.466 e. The van der Waals surface area contributed by atoms with Gasteiger partial charge in [-0.2, -0.15) is 0 Å². The molecular weight excluding hydrogens is 282 g/mol. The van der Waals surface area contributed by atoms with E-state index in [1.54, 1.807) is 12.3 Å². The molecule has 1 heterocycles. The van der Waals surface area contributed by atoms with Crippen LogP contribution in [0.4, 0.5) is 0 Å². The Morgan fingerprint density at radius 1 is 1.23 bits per heavy atom. The van der Waals surface area contributed by atoms with Crippen molar-refractivity contribution >= 4 is 28.9 Å². The Labute approximate surface area is 128 Å². The van der Waals surface area contributed by atoms with Gasteiger partial charge in [-0.15, -0.1) is 0 Å². The van der Waals surface area contributed by atoms with Gasteiger partial charge in [0.05, 0.1) is 12.7 Å². The summed E-state index contributed by atoms with van der Waals surface area (Å²) < 4.78 is 9.95. The number of carbonyl (C=O) groups excluding carboxylic acids is 2. The van der Waals surface area contributed by atoms with Crippen molar-refractivity contribution in [3.05, 3.63) is 41.6 Å². The number of hydrogen-bond acceptors (Lipinski definition) is 4. The smallest absolute Gasteiger partial charge is 0.340 e. The molecule has 0 atom stereocenters. The molecule has 1 N–H and O–H groups in total. The van der Waals surface area contributed by atoms with Crippen LogP contribution in [-0.4, -0.2) is 29.6 Å². The largest absolute Gasteiger partial charge is 0.466 e. The van der Waals surface area contributed by atoms with Crippen molar-refractivity contribution in [2.45, 2.75) is 26.4 Å². The van der Waals surface area contributed by atoms with E-state index in [4.69, 9.17) is 4.74 Å². The second-order valence-corrected chi connectivity index (χ2v) is 5.87. The highest BCUT2D eigenvalue weighted by Gasteiger charge is 2.20. The van der Waals surface area contributed by atoms with Crippen molar-refractivity contribution < 1.29 is 19.1 Å². The summed E-state index contributed by atoms with van der Waals surface area (Å²) in [6.07, 6.45) is 4.60. The van der Waals surface area contributed by atoms with Crippen molar-refractivity contribution in [3.8, 4) is 0 Å². The summed E-state index contributed by atoms with van der Waals surface area (Å²) >= 11 is 0. The van der Waals surface area contributed by atoms with E-state index < -0.39 is 11.6 Å². The molecule has 0 saturated carbocycles. The summed E-state index contributed by atoms with van der Waals surface area (Å²) in [7, 11) is 1.32. The van der Waals surface area contributed by atoms with Gasteiger partial charge in [0.15, 0.2) is 0 Å². The molecule has 116 valence electrons. The van der Waals surface area contributed by atoms with E-state index >= 15 is 0 Å². The molecular formula is C17H19NO4. The topological polar surface area (TPSA) is 68.4 Å². The first-order chi connectivity index (χ1) is 10.3. The first-order valence-electron chi connectivity index (χ1n) is 6.90. The van der Waals surface area contributed by atoms with Crippen LogP contribution in [0.15, 0.2) is 30.5 Å². The SMILES string of the molecule is COC(=O)C=Cc1ccc2[nH]cc(C(=O)OC(C)(C)C)c2c1. The number of benzene rings is 1. The standard InChI is InChI=1S/C17H19NO4/c1-17(2,3)22-16(20)13-10-18-14-7-5-11(9-12(13)14)6-8-15(19)21-4/h5-10,18H,1-4H3. The molecule has 22 heavy (non-hydrogen) atoms. The summed E-state index contributed by atoms with van der Waals surface area (Å²) in [4.78, 5) is 26.4. The third kappa shape index (κ3) is 3.75. The average Bonchev–Trinajstić information content (AvgIpc) is 2.86. The lowest BCUT2D eigenvalue weighted by atomic mass is 10.1. The summed E-state index contributed by atoms with van der Waals surface area (Å²) in [5, 5.41) is 0.751. The fraction of sp³-hybridized carbons (Fsp3) is 0.294. The number of ether oxygens (including phenoxy) is 2. The molecule has 2 rings (SSSR count).